The van der Waals surface area contributed by atoms with Gasteiger partial charge in [0.2, 0.25) is 0 Å². The van der Waals surface area contributed by atoms with Crippen LogP contribution >= 0.6 is 0 Å². The van der Waals surface area contributed by atoms with Crippen LogP contribution in [0.15, 0.2) is 12.2 Å². The van der Waals surface area contributed by atoms with Crippen molar-refractivity contribution in [2.75, 3.05) is 0 Å². The second-order valence-electron chi connectivity index (χ2n) is 8.83. The van der Waals surface area contributed by atoms with Gasteiger partial charge in [0.05, 0.1) is 6.10 Å². The van der Waals surface area contributed by atoms with E-state index in [2.05, 4.69) is 26.6 Å². The Morgan fingerprint density at radius 3 is 2.44 bits per heavy atom. The lowest BCUT2D eigenvalue weighted by molar-refractivity contribution is -0.133. The molecule has 0 N–H and O–H groups in total. The molecular weight excluding hydrogens is 356 g/mol. The van der Waals surface area contributed by atoms with Crippen LogP contribution in [-0.2, 0) is 18.8 Å². The highest BCUT2D eigenvalue weighted by Gasteiger charge is 2.30. The fraction of sp³-hybridized carbons (Fsp3) is 0.818. The van der Waals surface area contributed by atoms with Crippen molar-refractivity contribution in [3.8, 4) is 0 Å². The summed E-state index contributed by atoms with van der Waals surface area (Å²) in [7, 11) is -1.68. The molecule has 0 saturated heterocycles. The molecule has 0 radical (unpaired) electrons. The average Bonchev–Trinajstić information content (AvgIpc) is 2.61. The summed E-state index contributed by atoms with van der Waals surface area (Å²) < 4.78 is 11.5. The van der Waals surface area contributed by atoms with E-state index in [0.29, 0.717) is 25.2 Å². The molecule has 0 unspecified atom stereocenters. The first-order valence-electron chi connectivity index (χ1n) is 10.8. The topological polar surface area (TPSA) is 52.6 Å². The Hall–Kier alpha value is -0.943. The Morgan fingerprint density at radius 1 is 1.15 bits per heavy atom. The zero-order chi connectivity index (χ0) is 20.1. The zero-order valence-corrected chi connectivity index (χ0v) is 18.9. The highest BCUT2D eigenvalue weighted by molar-refractivity contribution is 6.69. The van der Waals surface area contributed by atoms with Crippen molar-refractivity contribution < 1.29 is 18.8 Å². The van der Waals surface area contributed by atoms with Crippen LogP contribution in [0.5, 0.6) is 0 Å². The van der Waals surface area contributed by atoms with Gasteiger partial charge in [-0.1, -0.05) is 45.1 Å². The maximum absolute atomic E-state index is 12.5. The van der Waals surface area contributed by atoms with Gasteiger partial charge >= 0.3 is 0 Å². The molecule has 0 amide bonds. The third kappa shape index (κ3) is 11.5. The van der Waals surface area contributed by atoms with Gasteiger partial charge in [-0.25, -0.2) is 0 Å². The van der Waals surface area contributed by atoms with Crippen molar-refractivity contribution in [3.05, 3.63) is 12.2 Å². The van der Waals surface area contributed by atoms with Gasteiger partial charge in [-0.15, -0.1) is 0 Å². The summed E-state index contributed by atoms with van der Waals surface area (Å²) in [6.45, 7) is 9.26. The Morgan fingerprint density at radius 2 is 1.85 bits per heavy atom. The van der Waals surface area contributed by atoms with E-state index in [4.69, 9.17) is 9.16 Å². The molecule has 27 heavy (non-hydrogen) atoms. The minimum Gasteiger partial charge on any atom is -0.464 e. The maximum atomic E-state index is 12.5. The largest absolute Gasteiger partial charge is 0.464 e. The van der Waals surface area contributed by atoms with Gasteiger partial charge in [-0.2, -0.15) is 0 Å². The normalized spacial score (nSPS) is 18.4. The van der Waals surface area contributed by atoms with E-state index >= 15 is 0 Å². The molecule has 4 nitrogen and oxygen atoms in total. The van der Waals surface area contributed by atoms with E-state index in [1.807, 2.05) is 6.08 Å². The van der Waals surface area contributed by atoms with E-state index < -0.39 is 8.32 Å². The average molecular weight is 397 g/mol. The van der Waals surface area contributed by atoms with Gasteiger partial charge in [0.1, 0.15) is 6.10 Å². The molecule has 0 aromatic rings. The van der Waals surface area contributed by atoms with Crippen LogP contribution in [0.2, 0.25) is 19.6 Å². The number of hydrogen-bond donors (Lipinski definition) is 0. The highest BCUT2D eigenvalue weighted by atomic mass is 28.4. The summed E-state index contributed by atoms with van der Waals surface area (Å²) in [4.78, 5) is 23.2. The first-order chi connectivity index (χ1) is 12.9. The van der Waals surface area contributed by atoms with Gasteiger partial charge in [0.25, 0.3) is 6.47 Å². The van der Waals surface area contributed by atoms with E-state index in [1.54, 1.807) is 6.08 Å². The molecular formula is C22H40O4Si. The molecule has 1 aliphatic carbocycles. The predicted molar refractivity (Wildman–Crippen MR) is 113 cm³/mol. The van der Waals surface area contributed by atoms with Gasteiger partial charge in [0.15, 0.2) is 14.1 Å². The summed E-state index contributed by atoms with van der Waals surface area (Å²) in [6, 6.07) is 0. The van der Waals surface area contributed by atoms with Crippen LogP contribution < -0.4 is 0 Å². The molecule has 0 aromatic carbocycles. The first-order valence-corrected chi connectivity index (χ1v) is 14.2. The molecule has 1 aliphatic rings. The lowest BCUT2D eigenvalue weighted by Gasteiger charge is -2.34. The van der Waals surface area contributed by atoms with Crippen LogP contribution in [-0.4, -0.2) is 32.8 Å². The number of carbonyl (C=O) groups excluding carboxylic acids is 2. The van der Waals surface area contributed by atoms with Crippen molar-refractivity contribution in [2.45, 2.75) is 109 Å². The van der Waals surface area contributed by atoms with E-state index in [9.17, 15) is 9.59 Å². The summed E-state index contributed by atoms with van der Waals surface area (Å²) in [6.07, 6.45) is 14.9. The molecule has 0 aromatic heterocycles. The fourth-order valence-electron chi connectivity index (χ4n) is 3.82. The molecule has 1 saturated carbocycles. The van der Waals surface area contributed by atoms with Crippen molar-refractivity contribution in [1.29, 1.82) is 0 Å². The molecule has 1 rings (SSSR count). The molecule has 5 heteroatoms. The van der Waals surface area contributed by atoms with Gasteiger partial charge in [-0.05, 0) is 57.3 Å². The molecule has 156 valence electrons. The van der Waals surface area contributed by atoms with Crippen LogP contribution in [0, 0.1) is 5.92 Å². The molecule has 0 heterocycles. The minimum absolute atomic E-state index is 0.0562. The SMILES string of the molecule is CCCCC[C@H](C/C=C/C(=O)C[C@@H](O[Si](C)(C)C)C1CCCCC1)OC=O. The monoisotopic (exact) mass is 396 g/mol. The Kier molecular flexibility index (Phi) is 11.8. The fourth-order valence-corrected chi connectivity index (χ4v) is 5.01. The Bertz CT molecular complexity index is 450. The lowest BCUT2D eigenvalue weighted by Crippen LogP contribution is -2.38. The zero-order valence-electron chi connectivity index (χ0n) is 17.9. The lowest BCUT2D eigenvalue weighted by atomic mass is 9.83. The van der Waals surface area contributed by atoms with E-state index in [0.717, 1.165) is 25.7 Å². The number of ketones is 1. The molecule has 2 atom stereocenters. The summed E-state index contributed by atoms with van der Waals surface area (Å²) in [5, 5.41) is 0. The quantitative estimate of drug-likeness (QED) is 0.161. The smallest absolute Gasteiger partial charge is 0.293 e. The maximum Gasteiger partial charge on any atom is 0.293 e. The molecule has 0 spiro atoms. The third-order valence-electron chi connectivity index (χ3n) is 5.16. The number of carbonyl (C=O) groups is 2. The Labute approximate surface area is 167 Å². The second-order valence-corrected chi connectivity index (χ2v) is 13.3. The number of rotatable bonds is 14. The second kappa shape index (κ2) is 13.3. The van der Waals surface area contributed by atoms with Crippen LogP contribution in [0.1, 0.15) is 77.6 Å². The molecule has 0 aliphatic heterocycles. The van der Waals surface area contributed by atoms with E-state index in [1.165, 1.54) is 32.1 Å². The highest BCUT2D eigenvalue weighted by Crippen LogP contribution is 2.31. The first kappa shape index (κ1) is 24.1. The summed E-state index contributed by atoms with van der Waals surface area (Å²) in [5.41, 5.74) is 0. The van der Waals surface area contributed by atoms with Gasteiger partial charge in [-0.3, -0.25) is 9.59 Å². The standard InChI is InChI=1S/C22H40O4Si/c1-5-6-8-15-21(25-18-23)16-11-14-20(24)17-22(26-27(2,3)4)19-12-9-7-10-13-19/h11,14,18-19,21-22H,5-10,12-13,15-17H2,1-4H3/b14-11+/t21-,22-/m1/s1. The summed E-state index contributed by atoms with van der Waals surface area (Å²) in [5.74, 6) is 0.644. The van der Waals surface area contributed by atoms with Crippen molar-refractivity contribution in [3.63, 3.8) is 0 Å². The minimum atomic E-state index is -1.68. The van der Waals surface area contributed by atoms with Crippen molar-refractivity contribution >= 4 is 20.6 Å². The van der Waals surface area contributed by atoms with Crippen LogP contribution in [0.4, 0.5) is 0 Å². The Balaban J connectivity index is 2.54. The number of hydrogen-bond acceptors (Lipinski definition) is 4. The molecule has 0 bridgehead atoms. The van der Waals surface area contributed by atoms with Crippen molar-refractivity contribution in [1.82, 2.24) is 0 Å². The van der Waals surface area contributed by atoms with Gasteiger partial charge < -0.3 is 9.16 Å². The van der Waals surface area contributed by atoms with Crippen LogP contribution in [0.3, 0.4) is 0 Å². The molecule has 1 fully saturated rings. The number of unbranched alkanes of at least 4 members (excludes halogenated alkanes) is 2. The van der Waals surface area contributed by atoms with Gasteiger partial charge in [0, 0.05) is 12.8 Å². The number of allylic oxidation sites excluding steroid dienone is 1. The summed E-state index contributed by atoms with van der Waals surface area (Å²) >= 11 is 0. The predicted octanol–water partition coefficient (Wildman–Crippen LogP) is 5.81. The van der Waals surface area contributed by atoms with Crippen LogP contribution in [0.25, 0.3) is 0 Å². The van der Waals surface area contributed by atoms with E-state index in [-0.39, 0.29) is 18.0 Å². The third-order valence-corrected chi connectivity index (χ3v) is 6.17. The number of ether oxygens (including phenoxy) is 1. The van der Waals surface area contributed by atoms with Crippen molar-refractivity contribution in [2.24, 2.45) is 5.92 Å².